The molecule has 0 aliphatic rings. The first-order valence-corrected chi connectivity index (χ1v) is 9.51. The lowest BCUT2D eigenvalue weighted by Gasteiger charge is -2.09. The first kappa shape index (κ1) is 20.3. The quantitative estimate of drug-likeness (QED) is 0.180. The van der Waals surface area contributed by atoms with Gasteiger partial charge < -0.3 is 9.15 Å². The van der Waals surface area contributed by atoms with E-state index in [1.165, 1.54) is 36.4 Å². The number of nitro groups is 1. The van der Waals surface area contributed by atoms with Crippen molar-refractivity contribution in [2.45, 2.75) is 6.92 Å². The second kappa shape index (κ2) is 8.04. The van der Waals surface area contributed by atoms with Crippen molar-refractivity contribution in [1.29, 1.82) is 0 Å². The lowest BCUT2D eigenvalue weighted by molar-refractivity contribution is -0.384. The molecule has 0 saturated carbocycles. The lowest BCUT2D eigenvalue weighted by Crippen LogP contribution is -2.10. The number of fused-ring (bicyclic) bond motifs is 1. The molecule has 0 unspecified atom stereocenters. The van der Waals surface area contributed by atoms with Gasteiger partial charge in [0.1, 0.15) is 17.1 Å². The van der Waals surface area contributed by atoms with Crippen molar-refractivity contribution in [3.63, 3.8) is 0 Å². The minimum atomic E-state index is -0.764. The normalized spacial score (nSPS) is 10.8. The fraction of sp³-hybridized carbons (Fsp3) is 0.0435. The molecule has 0 bridgehead atoms. The van der Waals surface area contributed by atoms with Crippen molar-refractivity contribution >= 4 is 34.2 Å². The van der Waals surface area contributed by atoms with Gasteiger partial charge in [0, 0.05) is 23.2 Å². The monoisotopic (exact) mass is 435 g/mol. The summed E-state index contributed by atoms with van der Waals surface area (Å²) in [4.78, 5) is 35.7. The van der Waals surface area contributed by atoms with Crippen molar-refractivity contribution < 1.29 is 18.9 Å². The van der Waals surface area contributed by atoms with Crippen LogP contribution in [-0.2, 0) is 0 Å². The third kappa shape index (κ3) is 4.04. The molecule has 31 heavy (non-hydrogen) atoms. The number of hydrogen-bond donors (Lipinski definition) is 0. The Bertz CT molecular complexity index is 1390. The Kier molecular flexibility index (Phi) is 5.27. The average molecular weight is 436 g/mol. The Morgan fingerprint density at radius 1 is 1.06 bits per heavy atom. The van der Waals surface area contributed by atoms with E-state index in [0.717, 1.165) is 6.07 Å². The van der Waals surface area contributed by atoms with Gasteiger partial charge in [-0.25, -0.2) is 4.79 Å². The van der Waals surface area contributed by atoms with E-state index in [1.54, 1.807) is 31.2 Å². The fourth-order valence-corrected chi connectivity index (χ4v) is 3.34. The van der Waals surface area contributed by atoms with E-state index in [9.17, 15) is 19.7 Å². The van der Waals surface area contributed by atoms with Gasteiger partial charge in [-0.1, -0.05) is 29.8 Å². The maximum absolute atomic E-state index is 13.0. The molecule has 0 amide bonds. The number of non-ortho nitro benzene ring substituents is 1. The van der Waals surface area contributed by atoms with Crippen LogP contribution < -0.4 is 10.2 Å². The highest BCUT2D eigenvalue weighted by atomic mass is 35.5. The molecule has 0 radical (unpaired) electrons. The molecular weight excluding hydrogens is 422 g/mol. The molecule has 8 heteroatoms. The first-order chi connectivity index (χ1) is 14.8. The number of rotatable bonds is 4. The summed E-state index contributed by atoms with van der Waals surface area (Å²) in [6.45, 7) is 1.67. The second-order valence-corrected chi connectivity index (χ2v) is 7.16. The molecule has 154 valence electrons. The molecule has 4 aromatic rings. The van der Waals surface area contributed by atoms with Gasteiger partial charge in [-0.3, -0.25) is 14.9 Å². The van der Waals surface area contributed by atoms with Crippen molar-refractivity contribution in [3.8, 4) is 16.9 Å². The Morgan fingerprint density at radius 2 is 1.81 bits per heavy atom. The summed E-state index contributed by atoms with van der Waals surface area (Å²) < 4.78 is 11.1. The zero-order chi connectivity index (χ0) is 22.1. The van der Waals surface area contributed by atoms with Gasteiger partial charge in [0.15, 0.2) is 0 Å². The predicted octanol–water partition coefficient (Wildman–Crippen LogP) is 5.55. The number of hydrogen-bond acceptors (Lipinski definition) is 6. The van der Waals surface area contributed by atoms with E-state index in [2.05, 4.69) is 0 Å². The standard InChI is InChI=1S/C23H14ClNO6/c1-13-21(14-5-7-16(24)8-6-14)22(26)19-10-9-18(12-20(19)30-13)31-23(27)15-3-2-4-17(11-15)25(28)29/h2-12H,1H3. The fourth-order valence-electron chi connectivity index (χ4n) is 3.21. The van der Waals surface area contributed by atoms with Gasteiger partial charge in [0.2, 0.25) is 5.43 Å². The molecule has 0 fully saturated rings. The third-order valence-electron chi connectivity index (χ3n) is 4.68. The molecular formula is C23H14ClNO6. The largest absolute Gasteiger partial charge is 0.460 e. The Hall–Kier alpha value is -3.97. The summed E-state index contributed by atoms with van der Waals surface area (Å²) in [7, 11) is 0. The van der Waals surface area contributed by atoms with Crippen molar-refractivity contribution in [1.82, 2.24) is 0 Å². The second-order valence-electron chi connectivity index (χ2n) is 6.72. The van der Waals surface area contributed by atoms with Gasteiger partial charge in [0.05, 0.1) is 21.4 Å². The van der Waals surface area contributed by atoms with Crippen LogP contribution in [0.5, 0.6) is 5.75 Å². The molecule has 1 heterocycles. The molecule has 4 rings (SSSR count). The van der Waals surface area contributed by atoms with Crippen LogP contribution in [-0.4, -0.2) is 10.9 Å². The number of benzene rings is 3. The number of nitro benzene ring substituents is 1. The summed E-state index contributed by atoms with van der Waals surface area (Å²) in [5.41, 5.74) is 0.945. The molecule has 0 aliphatic carbocycles. The number of ether oxygens (including phenoxy) is 1. The van der Waals surface area contributed by atoms with Crippen LogP contribution in [0.15, 0.2) is 75.9 Å². The third-order valence-corrected chi connectivity index (χ3v) is 4.93. The highest BCUT2D eigenvalue weighted by molar-refractivity contribution is 6.30. The van der Waals surface area contributed by atoms with Crippen LogP contribution in [0.3, 0.4) is 0 Å². The van der Waals surface area contributed by atoms with Gasteiger partial charge in [-0.2, -0.15) is 0 Å². The van der Waals surface area contributed by atoms with E-state index in [1.807, 2.05) is 0 Å². The van der Waals surface area contributed by atoms with E-state index in [-0.39, 0.29) is 28.0 Å². The predicted molar refractivity (Wildman–Crippen MR) is 116 cm³/mol. The maximum atomic E-state index is 13.0. The number of carbonyl (C=O) groups excluding carboxylic acids is 1. The Labute approximate surface area is 180 Å². The smallest absolute Gasteiger partial charge is 0.343 e. The average Bonchev–Trinajstić information content (AvgIpc) is 2.75. The molecule has 3 aromatic carbocycles. The van der Waals surface area contributed by atoms with Gasteiger partial charge in [-0.05, 0) is 42.8 Å². The van der Waals surface area contributed by atoms with Crippen LogP contribution in [0.25, 0.3) is 22.1 Å². The Balaban J connectivity index is 1.69. The van der Waals surface area contributed by atoms with Crippen LogP contribution >= 0.6 is 11.6 Å². The first-order valence-electron chi connectivity index (χ1n) is 9.13. The van der Waals surface area contributed by atoms with Crippen molar-refractivity contribution in [2.24, 2.45) is 0 Å². The van der Waals surface area contributed by atoms with E-state index < -0.39 is 10.9 Å². The summed E-state index contributed by atoms with van der Waals surface area (Å²) in [6.07, 6.45) is 0. The van der Waals surface area contributed by atoms with E-state index in [4.69, 9.17) is 20.8 Å². The number of carbonyl (C=O) groups is 1. The van der Waals surface area contributed by atoms with Gasteiger partial charge in [0.25, 0.3) is 5.69 Å². The zero-order valence-electron chi connectivity index (χ0n) is 16.1. The number of aryl methyl sites for hydroxylation is 1. The molecule has 1 aromatic heterocycles. The molecule has 0 aliphatic heterocycles. The molecule has 0 N–H and O–H groups in total. The van der Waals surface area contributed by atoms with Gasteiger partial charge >= 0.3 is 5.97 Å². The molecule has 0 spiro atoms. The SMILES string of the molecule is Cc1oc2cc(OC(=O)c3cccc([N+](=O)[O-])c3)ccc2c(=O)c1-c1ccc(Cl)cc1. The van der Waals surface area contributed by atoms with Gasteiger partial charge in [-0.15, -0.1) is 0 Å². The van der Waals surface area contributed by atoms with E-state index in [0.29, 0.717) is 27.3 Å². The number of halogens is 1. The summed E-state index contributed by atoms with van der Waals surface area (Å²) in [5, 5.41) is 11.8. The summed E-state index contributed by atoms with van der Waals surface area (Å²) >= 11 is 5.92. The van der Waals surface area contributed by atoms with Crippen molar-refractivity contribution in [3.05, 3.63) is 103 Å². The Morgan fingerprint density at radius 3 is 2.52 bits per heavy atom. The number of nitrogens with zero attached hydrogens (tertiary/aromatic N) is 1. The van der Waals surface area contributed by atoms with Crippen LogP contribution in [0, 0.1) is 17.0 Å². The minimum Gasteiger partial charge on any atom is -0.460 e. The molecule has 0 atom stereocenters. The highest BCUT2D eigenvalue weighted by Crippen LogP contribution is 2.27. The highest BCUT2D eigenvalue weighted by Gasteiger charge is 2.17. The van der Waals surface area contributed by atoms with Crippen LogP contribution in [0.4, 0.5) is 5.69 Å². The van der Waals surface area contributed by atoms with E-state index >= 15 is 0 Å². The maximum Gasteiger partial charge on any atom is 0.343 e. The van der Waals surface area contributed by atoms with Crippen molar-refractivity contribution in [2.75, 3.05) is 0 Å². The minimum absolute atomic E-state index is 0.0324. The summed E-state index contributed by atoms with van der Waals surface area (Å²) in [6, 6.07) is 16.5. The molecule has 7 nitrogen and oxygen atoms in total. The summed E-state index contributed by atoms with van der Waals surface area (Å²) in [5.74, 6) is -0.215. The zero-order valence-corrected chi connectivity index (χ0v) is 16.9. The van der Waals surface area contributed by atoms with Crippen LogP contribution in [0.2, 0.25) is 5.02 Å². The van der Waals surface area contributed by atoms with Crippen LogP contribution in [0.1, 0.15) is 16.1 Å². The lowest BCUT2D eigenvalue weighted by atomic mass is 10.0. The number of esters is 1. The molecule has 0 saturated heterocycles. The topological polar surface area (TPSA) is 99.7 Å².